The van der Waals surface area contributed by atoms with E-state index in [0.717, 1.165) is 23.3 Å². The lowest BCUT2D eigenvalue weighted by molar-refractivity contribution is 0.0859. The Hall–Kier alpha value is -2.40. The van der Waals surface area contributed by atoms with Crippen LogP contribution in [0.2, 0.25) is 0 Å². The lowest BCUT2D eigenvalue weighted by Crippen LogP contribution is -2.24. The van der Waals surface area contributed by atoms with Crippen LogP contribution in [-0.4, -0.2) is 22.2 Å². The highest BCUT2D eigenvalue weighted by Crippen LogP contribution is 2.37. The predicted octanol–water partition coefficient (Wildman–Crippen LogP) is 4.54. The molecule has 1 aromatic heterocycles. The molecule has 0 bridgehead atoms. The summed E-state index contributed by atoms with van der Waals surface area (Å²) in [7, 11) is 0. The van der Waals surface area contributed by atoms with Crippen molar-refractivity contribution in [3.8, 4) is 5.75 Å². The number of benzene rings is 2. The monoisotopic (exact) mass is 340 g/mol. The summed E-state index contributed by atoms with van der Waals surface area (Å²) in [4.78, 5) is 7.80. The van der Waals surface area contributed by atoms with Gasteiger partial charge in [0.15, 0.2) is 0 Å². The number of aromatic nitrogens is 2. The molecule has 0 spiro atoms. The van der Waals surface area contributed by atoms with Crippen molar-refractivity contribution in [1.82, 2.24) is 9.97 Å². The first-order chi connectivity index (χ1) is 11.9. The molecule has 0 saturated heterocycles. The Morgan fingerprint density at radius 2 is 2.12 bits per heavy atom. The smallest absolute Gasteiger partial charge is 0.141 e. The number of fused-ring (bicyclic) bond motifs is 2. The molecule has 5 heteroatoms. The van der Waals surface area contributed by atoms with E-state index >= 15 is 0 Å². The highest BCUT2D eigenvalue weighted by Gasteiger charge is 2.31. The summed E-state index contributed by atoms with van der Waals surface area (Å²) in [5.74, 6) is 1.31. The van der Waals surface area contributed by atoms with Crippen LogP contribution in [0.15, 0.2) is 36.4 Å². The molecule has 130 valence electrons. The molecule has 2 heterocycles. The minimum Gasteiger partial charge on any atom is -0.487 e. The molecule has 25 heavy (non-hydrogen) atoms. The van der Waals surface area contributed by atoms with E-state index in [1.54, 1.807) is 6.07 Å². The second-order valence-corrected chi connectivity index (χ2v) is 7.02. The number of nitrogens with one attached hydrogen (secondary N) is 1. The van der Waals surface area contributed by atoms with Gasteiger partial charge in [0.05, 0.1) is 11.0 Å². The van der Waals surface area contributed by atoms with Gasteiger partial charge in [0, 0.05) is 19.1 Å². The molecule has 0 aliphatic carbocycles. The Balaban J connectivity index is 1.74. The SMILES string of the molecule is CCOC(c1ccc2c(c1)CC(C)(C)O2)c1nc2cc(F)ccc2[nH]1. The second kappa shape index (κ2) is 5.85. The third-order valence-electron chi connectivity index (χ3n) is 4.43. The van der Waals surface area contributed by atoms with Gasteiger partial charge < -0.3 is 14.5 Å². The van der Waals surface area contributed by atoms with Crippen LogP contribution in [0, 0.1) is 5.82 Å². The molecule has 1 aliphatic heterocycles. The molecule has 1 unspecified atom stereocenters. The maximum absolute atomic E-state index is 13.4. The summed E-state index contributed by atoms with van der Waals surface area (Å²) in [6.45, 7) is 6.67. The summed E-state index contributed by atoms with van der Waals surface area (Å²) in [5, 5.41) is 0. The van der Waals surface area contributed by atoms with Crippen molar-refractivity contribution < 1.29 is 13.9 Å². The summed E-state index contributed by atoms with van der Waals surface area (Å²) >= 11 is 0. The molecule has 0 saturated carbocycles. The van der Waals surface area contributed by atoms with E-state index in [4.69, 9.17) is 9.47 Å². The number of H-pyrrole nitrogens is 1. The van der Waals surface area contributed by atoms with Crippen LogP contribution < -0.4 is 4.74 Å². The summed E-state index contributed by atoms with van der Waals surface area (Å²) in [5.41, 5.74) is 3.41. The van der Waals surface area contributed by atoms with Crippen LogP contribution in [0.4, 0.5) is 4.39 Å². The van der Waals surface area contributed by atoms with E-state index in [1.807, 2.05) is 19.1 Å². The Morgan fingerprint density at radius 3 is 2.92 bits per heavy atom. The largest absolute Gasteiger partial charge is 0.487 e. The number of hydrogen-bond donors (Lipinski definition) is 1. The summed E-state index contributed by atoms with van der Waals surface area (Å²) in [6, 6.07) is 10.7. The quantitative estimate of drug-likeness (QED) is 0.758. The first-order valence-electron chi connectivity index (χ1n) is 8.54. The number of nitrogens with zero attached hydrogens (tertiary/aromatic N) is 1. The lowest BCUT2D eigenvalue weighted by atomic mass is 9.98. The van der Waals surface area contributed by atoms with Crippen LogP contribution in [0.1, 0.15) is 43.8 Å². The third kappa shape index (κ3) is 3.00. The van der Waals surface area contributed by atoms with Crippen molar-refractivity contribution in [1.29, 1.82) is 0 Å². The Kier molecular flexibility index (Phi) is 3.76. The van der Waals surface area contributed by atoms with Crippen LogP contribution >= 0.6 is 0 Å². The van der Waals surface area contributed by atoms with E-state index in [2.05, 4.69) is 29.9 Å². The van der Waals surface area contributed by atoms with Crippen molar-refractivity contribution in [2.75, 3.05) is 6.61 Å². The molecule has 0 radical (unpaired) electrons. The average Bonchev–Trinajstić information content (AvgIpc) is 3.09. The molecular formula is C20H21FN2O2. The molecule has 1 N–H and O–H groups in total. The summed E-state index contributed by atoms with van der Waals surface area (Å²) < 4.78 is 25.3. The highest BCUT2D eigenvalue weighted by atomic mass is 19.1. The molecule has 3 aromatic rings. The Bertz CT molecular complexity index is 933. The maximum Gasteiger partial charge on any atom is 0.141 e. The molecule has 4 nitrogen and oxygen atoms in total. The van der Waals surface area contributed by atoms with Gasteiger partial charge >= 0.3 is 0 Å². The van der Waals surface area contributed by atoms with Crippen LogP contribution in [0.5, 0.6) is 5.75 Å². The van der Waals surface area contributed by atoms with E-state index in [1.165, 1.54) is 17.7 Å². The zero-order valence-electron chi connectivity index (χ0n) is 14.6. The molecular weight excluding hydrogens is 319 g/mol. The molecule has 1 atom stereocenters. The number of ether oxygens (including phenoxy) is 2. The Labute approximate surface area is 146 Å². The maximum atomic E-state index is 13.4. The minimum absolute atomic E-state index is 0.182. The first kappa shape index (κ1) is 16.1. The van der Waals surface area contributed by atoms with Crippen molar-refractivity contribution in [3.05, 3.63) is 59.2 Å². The fraction of sp³-hybridized carbons (Fsp3) is 0.350. The molecule has 0 amide bonds. The van der Waals surface area contributed by atoms with Crippen molar-refractivity contribution >= 4 is 11.0 Å². The number of halogens is 1. The summed E-state index contributed by atoms with van der Waals surface area (Å²) in [6.07, 6.45) is 0.537. The number of imidazole rings is 1. The van der Waals surface area contributed by atoms with Crippen molar-refractivity contribution in [2.24, 2.45) is 0 Å². The number of hydrogen-bond acceptors (Lipinski definition) is 3. The molecule has 2 aromatic carbocycles. The van der Waals surface area contributed by atoms with Crippen molar-refractivity contribution in [2.45, 2.75) is 38.9 Å². The Morgan fingerprint density at radius 1 is 1.28 bits per heavy atom. The van der Waals surface area contributed by atoms with Gasteiger partial charge in [0.25, 0.3) is 0 Å². The molecule has 0 fully saturated rings. The highest BCUT2D eigenvalue weighted by molar-refractivity contribution is 5.75. The van der Waals surface area contributed by atoms with Gasteiger partial charge in [-0.15, -0.1) is 0 Å². The van der Waals surface area contributed by atoms with Crippen LogP contribution in [0.25, 0.3) is 11.0 Å². The first-order valence-corrected chi connectivity index (χ1v) is 8.54. The second-order valence-electron chi connectivity index (χ2n) is 7.02. The lowest BCUT2D eigenvalue weighted by Gasteiger charge is -2.16. The van der Waals surface area contributed by atoms with Gasteiger partial charge in [-0.1, -0.05) is 6.07 Å². The zero-order valence-corrected chi connectivity index (χ0v) is 14.6. The van der Waals surface area contributed by atoms with Gasteiger partial charge in [-0.25, -0.2) is 9.37 Å². The van der Waals surface area contributed by atoms with Gasteiger partial charge in [0.2, 0.25) is 0 Å². The molecule has 4 rings (SSSR count). The number of rotatable bonds is 4. The van der Waals surface area contributed by atoms with Crippen LogP contribution in [0.3, 0.4) is 0 Å². The predicted molar refractivity (Wildman–Crippen MR) is 94.4 cm³/mol. The topological polar surface area (TPSA) is 47.1 Å². The third-order valence-corrected chi connectivity index (χ3v) is 4.43. The van der Waals surface area contributed by atoms with Crippen molar-refractivity contribution in [3.63, 3.8) is 0 Å². The fourth-order valence-corrected chi connectivity index (χ4v) is 3.42. The molecule has 1 aliphatic rings. The van der Waals surface area contributed by atoms with E-state index < -0.39 is 0 Å². The van der Waals surface area contributed by atoms with Gasteiger partial charge in [-0.05, 0) is 56.2 Å². The minimum atomic E-state index is -0.325. The fourth-order valence-electron chi connectivity index (χ4n) is 3.42. The van der Waals surface area contributed by atoms with Gasteiger partial charge in [-0.2, -0.15) is 0 Å². The standard InChI is InChI=1S/C20H21FN2O2/c1-4-24-18(19-22-15-7-6-14(21)10-16(15)23-19)12-5-8-17-13(9-12)11-20(2,3)25-17/h5-10,18H,4,11H2,1-3H3,(H,22,23). The normalized spacial score (nSPS) is 16.6. The van der Waals surface area contributed by atoms with Gasteiger partial charge in [-0.3, -0.25) is 0 Å². The van der Waals surface area contributed by atoms with E-state index in [9.17, 15) is 4.39 Å². The van der Waals surface area contributed by atoms with Gasteiger partial charge in [0.1, 0.15) is 29.1 Å². The van der Waals surface area contributed by atoms with E-state index in [0.29, 0.717) is 17.9 Å². The zero-order chi connectivity index (χ0) is 17.6. The van der Waals surface area contributed by atoms with E-state index in [-0.39, 0.29) is 17.5 Å². The average molecular weight is 340 g/mol. The number of aromatic amines is 1. The van der Waals surface area contributed by atoms with Crippen LogP contribution in [-0.2, 0) is 11.2 Å².